The van der Waals surface area contributed by atoms with Gasteiger partial charge in [0.15, 0.2) is 11.6 Å². The molecule has 1 heterocycles. The summed E-state index contributed by atoms with van der Waals surface area (Å²) < 4.78 is 47.9. The lowest BCUT2D eigenvalue weighted by Gasteiger charge is -2.30. The molecule has 0 bridgehead atoms. The Morgan fingerprint density at radius 3 is 2.48 bits per heavy atom. The summed E-state index contributed by atoms with van der Waals surface area (Å²) in [6.45, 7) is 0. The van der Waals surface area contributed by atoms with Crippen molar-refractivity contribution in [3.63, 3.8) is 0 Å². The number of rotatable bonds is 4. The van der Waals surface area contributed by atoms with Crippen LogP contribution in [0.15, 0.2) is 36.7 Å². The van der Waals surface area contributed by atoms with E-state index in [-0.39, 0.29) is 17.6 Å². The van der Waals surface area contributed by atoms with Crippen LogP contribution in [0, 0.1) is 17.5 Å². The molecule has 152 valence electrons. The van der Waals surface area contributed by atoms with Gasteiger partial charge in [-0.2, -0.15) is 0 Å². The fourth-order valence-electron chi connectivity index (χ4n) is 3.88. The van der Waals surface area contributed by atoms with Crippen LogP contribution in [0.5, 0.6) is 5.75 Å². The highest BCUT2D eigenvalue weighted by Crippen LogP contribution is 2.32. The third-order valence-electron chi connectivity index (χ3n) is 5.46. The maximum Gasteiger partial charge on any atom is 0.254 e. The van der Waals surface area contributed by atoms with Crippen LogP contribution in [0.1, 0.15) is 42.1 Å². The van der Waals surface area contributed by atoms with Crippen molar-refractivity contribution in [1.82, 2.24) is 14.9 Å². The minimum Gasteiger partial charge on any atom is -0.497 e. The molecule has 2 aromatic carbocycles. The number of ether oxygens (including phenoxy) is 1. The van der Waals surface area contributed by atoms with Gasteiger partial charge in [-0.15, -0.1) is 0 Å². The molecule has 1 fully saturated rings. The zero-order valence-corrected chi connectivity index (χ0v) is 15.8. The molecule has 0 spiro atoms. The van der Waals surface area contributed by atoms with Gasteiger partial charge in [0.05, 0.1) is 30.0 Å². The molecule has 1 N–H and O–H groups in total. The van der Waals surface area contributed by atoms with Gasteiger partial charge in [0.1, 0.15) is 11.6 Å². The lowest BCUT2D eigenvalue weighted by Crippen LogP contribution is -2.38. The number of amides is 1. The number of benzene rings is 2. The van der Waals surface area contributed by atoms with Crippen molar-refractivity contribution in [1.29, 1.82) is 0 Å². The van der Waals surface area contributed by atoms with Crippen molar-refractivity contribution in [3.05, 3.63) is 59.7 Å². The number of imidazole rings is 1. The molecule has 0 radical (unpaired) electrons. The highest BCUT2D eigenvalue weighted by atomic mass is 19.2. The molecule has 5 nitrogen and oxygen atoms in total. The SMILES string of the molecule is COc1ccc(C(=O)NC2CCC(n3cnc4cc(F)c(F)cc43)CC2)c(F)c1. The number of hydrogen-bond acceptors (Lipinski definition) is 3. The van der Waals surface area contributed by atoms with E-state index >= 15 is 0 Å². The third kappa shape index (κ3) is 3.79. The lowest BCUT2D eigenvalue weighted by atomic mass is 9.90. The zero-order valence-electron chi connectivity index (χ0n) is 15.8. The van der Waals surface area contributed by atoms with E-state index in [1.54, 1.807) is 12.4 Å². The Balaban J connectivity index is 1.41. The molecule has 1 amide bonds. The fourth-order valence-corrected chi connectivity index (χ4v) is 3.88. The Kier molecular flexibility index (Phi) is 5.17. The van der Waals surface area contributed by atoms with Crippen molar-refractivity contribution in [3.8, 4) is 5.75 Å². The van der Waals surface area contributed by atoms with E-state index in [1.807, 2.05) is 4.57 Å². The van der Waals surface area contributed by atoms with Crippen molar-refractivity contribution >= 4 is 16.9 Å². The highest BCUT2D eigenvalue weighted by Gasteiger charge is 2.26. The van der Waals surface area contributed by atoms with E-state index in [9.17, 15) is 18.0 Å². The van der Waals surface area contributed by atoms with Gasteiger partial charge >= 0.3 is 0 Å². The van der Waals surface area contributed by atoms with Crippen LogP contribution in [-0.4, -0.2) is 28.6 Å². The first-order valence-corrected chi connectivity index (χ1v) is 9.42. The Bertz CT molecular complexity index is 1060. The summed E-state index contributed by atoms with van der Waals surface area (Å²) in [4.78, 5) is 16.6. The average Bonchev–Trinajstić information content (AvgIpc) is 3.11. The van der Waals surface area contributed by atoms with E-state index in [0.29, 0.717) is 29.6 Å². The Morgan fingerprint density at radius 2 is 1.79 bits per heavy atom. The molecule has 1 saturated carbocycles. The lowest BCUT2D eigenvalue weighted by molar-refractivity contribution is 0.0918. The molecule has 1 aliphatic carbocycles. The molecule has 0 atom stereocenters. The van der Waals surface area contributed by atoms with Crippen LogP contribution in [0.2, 0.25) is 0 Å². The largest absolute Gasteiger partial charge is 0.497 e. The van der Waals surface area contributed by atoms with Gasteiger partial charge in [0.2, 0.25) is 0 Å². The number of carbonyl (C=O) groups excluding carboxylic acids is 1. The number of aromatic nitrogens is 2. The molecular formula is C21H20F3N3O2. The average molecular weight is 403 g/mol. The number of halogens is 3. The summed E-state index contributed by atoms with van der Waals surface area (Å²) in [5, 5.41) is 2.88. The molecule has 0 aliphatic heterocycles. The molecular weight excluding hydrogens is 383 g/mol. The van der Waals surface area contributed by atoms with Crippen LogP contribution in [0.3, 0.4) is 0 Å². The number of carbonyl (C=O) groups is 1. The Labute approximate surface area is 165 Å². The smallest absolute Gasteiger partial charge is 0.254 e. The second-order valence-corrected chi connectivity index (χ2v) is 7.23. The van der Waals surface area contributed by atoms with Crippen LogP contribution in [-0.2, 0) is 0 Å². The van der Waals surface area contributed by atoms with Crippen LogP contribution in [0.25, 0.3) is 11.0 Å². The topological polar surface area (TPSA) is 56.1 Å². The number of nitrogens with one attached hydrogen (secondary N) is 1. The number of fused-ring (bicyclic) bond motifs is 1. The van der Waals surface area contributed by atoms with Gasteiger partial charge in [0, 0.05) is 30.3 Å². The third-order valence-corrected chi connectivity index (χ3v) is 5.46. The molecule has 0 unspecified atom stereocenters. The summed E-state index contributed by atoms with van der Waals surface area (Å²) in [6, 6.07) is 6.38. The normalized spacial score (nSPS) is 19.3. The van der Waals surface area contributed by atoms with Crippen LogP contribution >= 0.6 is 0 Å². The number of nitrogens with zero attached hydrogens (tertiary/aromatic N) is 2. The summed E-state index contributed by atoms with van der Waals surface area (Å²) in [5.74, 6) is -2.56. The predicted octanol–water partition coefficient (Wildman–Crippen LogP) is 4.38. The highest BCUT2D eigenvalue weighted by molar-refractivity contribution is 5.94. The van der Waals surface area contributed by atoms with Gasteiger partial charge in [0.25, 0.3) is 5.91 Å². The van der Waals surface area contributed by atoms with Crippen LogP contribution < -0.4 is 10.1 Å². The van der Waals surface area contributed by atoms with E-state index < -0.39 is 23.4 Å². The molecule has 3 aromatic rings. The monoisotopic (exact) mass is 403 g/mol. The van der Waals surface area contributed by atoms with Gasteiger partial charge in [-0.1, -0.05) is 0 Å². The molecule has 1 aromatic heterocycles. The van der Waals surface area contributed by atoms with Crippen LogP contribution in [0.4, 0.5) is 13.2 Å². The molecule has 1 aliphatic rings. The zero-order chi connectivity index (χ0) is 20.5. The Morgan fingerprint density at radius 1 is 1.07 bits per heavy atom. The minimum absolute atomic E-state index is 0.0222. The first-order chi connectivity index (χ1) is 14.0. The quantitative estimate of drug-likeness (QED) is 0.704. The second-order valence-electron chi connectivity index (χ2n) is 7.23. The molecule has 8 heteroatoms. The second kappa shape index (κ2) is 7.77. The summed E-state index contributed by atoms with van der Waals surface area (Å²) in [5.41, 5.74) is 0.942. The van der Waals surface area contributed by atoms with E-state index in [4.69, 9.17) is 4.74 Å². The molecule has 4 rings (SSSR count). The van der Waals surface area contributed by atoms with Crippen molar-refractivity contribution in [2.75, 3.05) is 7.11 Å². The molecule has 29 heavy (non-hydrogen) atoms. The van der Waals surface area contributed by atoms with E-state index in [2.05, 4.69) is 10.3 Å². The van der Waals surface area contributed by atoms with Gasteiger partial charge in [-0.25, -0.2) is 18.2 Å². The van der Waals surface area contributed by atoms with Crippen molar-refractivity contribution < 1.29 is 22.7 Å². The number of hydrogen-bond donors (Lipinski definition) is 1. The van der Waals surface area contributed by atoms with E-state index in [0.717, 1.165) is 25.0 Å². The minimum atomic E-state index is -0.917. The molecule has 0 saturated heterocycles. The Hall–Kier alpha value is -3.03. The first kappa shape index (κ1) is 19.3. The van der Waals surface area contributed by atoms with Gasteiger partial charge < -0.3 is 14.6 Å². The number of methoxy groups -OCH3 is 1. The summed E-state index contributed by atoms with van der Waals surface area (Å²) >= 11 is 0. The van der Waals surface area contributed by atoms with E-state index in [1.165, 1.54) is 19.2 Å². The fraction of sp³-hybridized carbons (Fsp3) is 0.333. The van der Waals surface area contributed by atoms with Gasteiger partial charge in [-0.05, 0) is 37.8 Å². The standard InChI is InChI=1S/C21H20F3N3O2/c1-29-14-6-7-15(16(22)8-14)21(28)26-12-2-4-13(5-3-12)27-11-25-19-9-17(23)18(24)10-20(19)27/h6-13H,2-5H2,1H3,(H,26,28). The first-order valence-electron chi connectivity index (χ1n) is 9.42. The maximum atomic E-state index is 14.1. The van der Waals surface area contributed by atoms with Crippen molar-refractivity contribution in [2.45, 2.75) is 37.8 Å². The maximum absolute atomic E-state index is 14.1. The van der Waals surface area contributed by atoms with Gasteiger partial charge in [-0.3, -0.25) is 4.79 Å². The summed E-state index contributed by atoms with van der Waals surface area (Å²) in [7, 11) is 1.43. The summed E-state index contributed by atoms with van der Waals surface area (Å²) in [6.07, 6.45) is 4.45. The van der Waals surface area contributed by atoms with Crippen molar-refractivity contribution in [2.24, 2.45) is 0 Å². The predicted molar refractivity (Wildman–Crippen MR) is 101 cm³/mol.